The van der Waals surface area contributed by atoms with Crippen molar-refractivity contribution in [1.82, 2.24) is 15.1 Å². The third-order valence-corrected chi connectivity index (χ3v) is 5.62. The summed E-state index contributed by atoms with van der Waals surface area (Å²) in [5, 5.41) is 3.05. The van der Waals surface area contributed by atoms with Gasteiger partial charge in [0.15, 0.2) is 0 Å². The van der Waals surface area contributed by atoms with Crippen LogP contribution in [0.2, 0.25) is 0 Å². The van der Waals surface area contributed by atoms with Crippen molar-refractivity contribution in [2.75, 3.05) is 39.9 Å². The van der Waals surface area contributed by atoms with Crippen LogP contribution in [-0.4, -0.2) is 61.6 Å². The van der Waals surface area contributed by atoms with Crippen LogP contribution in [0, 0.1) is 0 Å². The molecule has 3 rings (SSSR count). The van der Waals surface area contributed by atoms with Gasteiger partial charge in [0.2, 0.25) is 5.91 Å². The molecule has 2 aromatic carbocycles. The Labute approximate surface area is 179 Å². The Morgan fingerprint density at radius 2 is 1.77 bits per heavy atom. The molecule has 2 aromatic rings. The van der Waals surface area contributed by atoms with Crippen LogP contribution in [0.25, 0.3) is 0 Å². The molecule has 6 nitrogen and oxygen atoms in total. The minimum Gasteiger partial charge on any atom is -0.496 e. The van der Waals surface area contributed by atoms with Crippen LogP contribution in [0.3, 0.4) is 0 Å². The molecule has 0 spiro atoms. The summed E-state index contributed by atoms with van der Waals surface area (Å²) in [5.41, 5.74) is 2.27. The number of rotatable bonds is 9. The van der Waals surface area contributed by atoms with Gasteiger partial charge in [0.1, 0.15) is 11.5 Å². The summed E-state index contributed by atoms with van der Waals surface area (Å²) in [6.45, 7) is 9.76. The van der Waals surface area contributed by atoms with Crippen LogP contribution in [-0.2, 0) is 17.9 Å². The van der Waals surface area contributed by atoms with E-state index in [-0.39, 0.29) is 11.9 Å². The van der Waals surface area contributed by atoms with Crippen LogP contribution >= 0.6 is 0 Å². The fourth-order valence-corrected chi connectivity index (χ4v) is 3.77. The standard InChI is InChI=1S/C24H33N3O3/c1-4-30-22-11-9-20(10-12-22)18-26-13-15-27(16-14-26)19(2)24(28)25-17-21-7-5-6-8-23(21)29-3/h5-12,19H,4,13-18H2,1-3H3,(H,25,28). The van der Waals surface area contributed by atoms with E-state index < -0.39 is 0 Å². The van der Waals surface area contributed by atoms with Crippen molar-refractivity contribution < 1.29 is 14.3 Å². The number of nitrogens with one attached hydrogen (secondary N) is 1. The molecule has 0 radical (unpaired) electrons. The van der Waals surface area contributed by atoms with Gasteiger partial charge in [-0.3, -0.25) is 14.6 Å². The van der Waals surface area contributed by atoms with Gasteiger partial charge in [-0.1, -0.05) is 30.3 Å². The molecule has 1 unspecified atom stereocenters. The van der Waals surface area contributed by atoms with Crippen molar-refractivity contribution >= 4 is 5.91 Å². The highest BCUT2D eigenvalue weighted by Gasteiger charge is 2.25. The first kappa shape index (κ1) is 22.1. The lowest BCUT2D eigenvalue weighted by molar-refractivity contribution is -0.126. The maximum Gasteiger partial charge on any atom is 0.237 e. The van der Waals surface area contributed by atoms with Crippen LogP contribution in [0.4, 0.5) is 0 Å². The zero-order valence-electron chi connectivity index (χ0n) is 18.3. The van der Waals surface area contributed by atoms with Gasteiger partial charge in [-0.2, -0.15) is 0 Å². The van der Waals surface area contributed by atoms with E-state index in [1.54, 1.807) is 7.11 Å². The zero-order valence-corrected chi connectivity index (χ0v) is 18.3. The van der Waals surface area contributed by atoms with Crippen LogP contribution < -0.4 is 14.8 Å². The van der Waals surface area contributed by atoms with Crippen LogP contribution in [0.15, 0.2) is 48.5 Å². The van der Waals surface area contributed by atoms with Gasteiger partial charge >= 0.3 is 0 Å². The molecular formula is C24H33N3O3. The average Bonchev–Trinajstić information content (AvgIpc) is 2.79. The minimum atomic E-state index is -0.146. The Hall–Kier alpha value is -2.57. The third-order valence-electron chi connectivity index (χ3n) is 5.62. The lowest BCUT2D eigenvalue weighted by Crippen LogP contribution is -2.53. The van der Waals surface area contributed by atoms with E-state index in [0.717, 1.165) is 49.8 Å². The SMILES string of the molecule is CCOc1ccc(CN2CCN(C(C)C(=O)NCc3ccccc3OC)CC2)cc1. The second-order valence-corrected chi connectivity index (χ2v) is 7.59. The zero-order chi connectivity index (χ0) is 21.3. The first-order valence-corrected chi connectivity index (χ1v) is 10.7. The predicted molar refractivity (Wildman–Crippen MR) is 119 cm³/mol. The first-order chi connectivity index (χ1) is 14.6. The lowest BCUT2D eigenvalue weighted by Gasteiger charge is -2.37. The summed E-state index contributed by atoms with van der Waals surface area (Å²) in [5.74, 6) is 1.77. The van der Waals surface area contributed by atoms with E-state index in [0.29, 0.717) is 13.2 Å². The Morgan fingerprint density at radius 3 is 2.43 bits per heavy atom. The number of hydrogen-bond donors (Lipinski definition) is 1. The van der Waals surface area contributed by atoms with E-state index in [1.807, 2.05) is 50.2 Å². The Kier molecular flexibility index (Phi) is 8.11. The van der Waals surface area contributed by atoms with Gasteiger partial charge in [-0.05, 0) is 37.6 Å². The summed E-state index contributed by atoms with van der Waals surface area (Å²) in [4.78, 5) is 17.3. The molecule has 1 saturated heterocycles. The molecular weight excluding hydrogens is 378 g/mol. The van der Waals surface area contributed by atoms with Gasteiger partial charge in [0, 0.05) is 44.8 Å². The molecule has 1 fully saturated rings. The smallest absolute Gasteiger partial charge is 0.237 e. The summed E-state index contributed by atoms with van der Waals surface area (Å²) in [7, 11) is 1.65. The molecule has 0 aliphatic carbocycles. The van der Waals surface area contributed by atoms with E-state index in [2.05, 4.69) is 27.2 Å². The molecule has 1 atom stereocenters. The van der Waals surface area contributed by atoms with Gasteiger partial charge < -0.3 is 14.8 Å². The Morgan fingerprint density at radius 1 is 1.07 bits per heavy atom. The van der Waals surface area contributed by atoms with Crippen molar-refractivity contribution in [3.8, 4) is 11.5 Å². The van der Waals surface area contributed by atoms with Crippen molar-refractivity contribution in [3.05, 3.63) is 59.7 Å². The predicted octanol–water partition coefficient (Wildman–Crippen LogP) is 2.92. The molecule has 30 heavy (non-hydrogen) atoms. The van der Waals surface area contributed by atoms with E-state index >= 15 is 0 Å². The number of methoxy groups -OCH3 is 1. The summed E-state index contributed by atoms with van der Waals surface area (Å²) < 4.78 is 10.9. The van der Waals surface area contributed by atoms with Crippen molar-refractivity contribution in [2.45, 2.75) is 33.0 Å². The minimum absolute atomic E-state index is 0.0564. The number of benzene rings is 2. The number of carbonyl (C=O) groups excluding carboxylic acids is 1. The number of piperazine rings is 1. The average molecular weight is 412 g/mol. The number of para-hydroxylation sites is 1. The molecule has 0 saturated carbocycles. The number of amides is 1. The lowest BCUT2D eigenvalue weighted by atomic mass is 10.1. The van der Waals surface area contributed by atoms with E-state index in [1.165, 1.54) is 5.56 Å². The highest BCUT2D eigenvalue weighted by molar-refractivity contribution is 5.81. The third kappa shape index (κ3) is 5.97. The van der Waals surface area contributed by atoms with Crippen molar-refractivity contribution in [2.24, 2.45) is 0 Å². The summed E-state index contributed by atoms with van der Waals surface area (Å²) >= 11 is 0. The largest absolute Gasteiger partial charge is 0.496 e. The first-order valence-electron chi connectivity index (χ1n) is 10.7. The van der Waals surface area contributed by atoms with E-state index in [4.69, 9.17) is 9.47 Å². The maximum atomic E-state index is 12.7. The fourth-order valence-electron chi connectivity index (χ4n) is 3.77. The highest BCUT2D eigenvalue weighted by atomic mass is 16.5. The normalized spacial score (nSPS) is 16.1. The molecule has 0 aromatic heterocycles. The van der Waals surface area contributed by atoms with Gasteiger partial charge in [-0.15, -0.1) is 0 Å². The molecule has 1 N–H and O–H groups in total. The van der Waals surface area contributed by atoms with Gasteiger partial charge in [-0.25, -0.2) is 0 Å². The van der Waals surface area contributed by atoms with Crippen molar-refractivity contribution in [3.63, 3.8) is 0 Å². The van der Waals surface area contributed by atoms with Crippen LogP contribution in [0.1, 0.15) is 25.0 Å². The molecule has 1 aliphatic heterocycles. The fraction of sp³-hybridized carbons (Fsp3) is 0.458. The second kappa shape index (κ2) is 11.0. The van der Waals surface area contributed by atoms with Crippen LogP contribution in [0.5, 0.6) is 11.5 Å². The summed E-state index contributed by atoms with van der Waals surface area (Å²) in [6.07, 6.45) is 0. The Bertz CT molecular complexity index is 802. The molecule has 6 heteroatoms. The Balaban J connectivity index is 1.44. The maximum absolute atomic E-state index is 12.7. The van der Waals surface area contributed by atoms with Crippen molar-refractivity contribution in [1.29, 1.82) is 0 Å². The molecule has 162 valence electrons. The number of carbonyl (C=O) groups is 1. The quantitative estimate of drug-likeness (QED) is 0.688. The molecule has 0 bridgehead atoms. The van der Waals surface area contributed by atoms with E-state index in [9.17, 15) is 4.79 Å². The topological polar surface area (TPSA) is 54.0 Å². The molecule has 1 amide bonds. The highest BCUT2D eigenvalue weighted by Crippen LogP contribution is 2.18. The molecule has 1 aliphatic rings. The summed E-state index contributed by atoms with van der Waals surface area (Å²) in [6, 6.07) is 15.9. The van der Waals surface area contributed by atoms with Gasteiger partial charge in [0.25, 0.3) is 0 Å². The molecule has 1 heterocycles. The number of ether oxygens (including phenoxy) is 2. The second-order valence-electron chi connectivity index (χ2n) is 7.59. The monoisotopic (exact) mass is 411 g/mol. The van der Waals surface area contributed by atoms with Gasteiger partial charge in [0.05, 0.1) is 19.8 Å². The number of hydrogen-bond acceptors (Lipinski definition) is 5. The number of nitrogens with zero attached hydrogens (tertiary/aromatic N) is 2.